The number of hydrogen-bond acceptors (Lipinski definition) is 9. The lowest BCUT2D eigenvalue weighted by Crippen LogP contribution is -2.55. The minimum atomic E-state index is -1.67. The van der Waals surface area contributed by atoms with Crippen molar-refractivity contribution in [3.63, 3.8) is 0 Å². The van der Waals surface area contributed by atoms with E-state index >= 15 is 4.39 Å². The molecule has 5 atom stereocenters. The summed E-state index contributed by atoms with van der Waals surface area (Å²) in [5.41, 5.74) is 1.57. The first-order valence-electron chi connectivity index (χ1n) is 17.0. The van der Waals surface area contributed by atoms with Crippen LogP contribution in [0.5, 0.6) is 5.75 Å². The molecular formula is C36H42F2N8O4. The van der Waals surface area contributed by atoms with E-state index in [1.807, 2.05) is 50.2 Å². The number of rotatable bonds is 11. The highest BCUT2D eigenvalue weighted by Gasteiger charge is 2.59. The van der Waals surface area contributed by atoms with Crippen molar-refractivity contribution in [3.05, 3.63) is 102 Å². The first kappa shape index (κ1) is 33.7. The van der Waals surface area contributed by atoms with Crippen LogP contribution < -0.4 is 20.2 Å². The molecule has 4 aromatic rings. The smallest absolute Gasteiger partial charge is 0.350 e. The summed E-state index contributed by atoms with van der Waals surface area (Å²) in [6, 6.07) is 16.0. The van der Waals surface area contributed by atoms with Gasteiger partial charge in [-0.15, -0.1) is 0 Å². The van der Waals surface area contributed by atoms with Crippen LogP contribution in [0.4, 0.5) is 20.2 Å². The summed E-state index contributed by atoms with van der Waals surface area (Å²) in [6.07, 6.45) is 6.80. The van der Waals surface area contributed by atoms with Crippen LogP contribution in [0.15, 0.2) is 96.4 Å². The number of nitrogens with zero attached hydrogens (tertiary/aromatic N) is 8. The molecular weight excluding hydrogens is 646 g/mol. The monoisotopic (exact) mass is 688 g/mol. The summed E-state index contributed by atoms with van der Waals surface area (Å²) >= 11 is 0. The van der Waals surface area contributed by atoms with Crippen molar-refractivity contribution in [2.45, 2.75) is 57.8 Å². The van der Waals surface area contributed by atoms with Crippen LogP contribution in [-0.4, -0.2) is 86.6 Å². The van der Waals surface area contributed by atoms with Crippen molar-refractivity contribution < 1.29 is 23.0 Å². The Bertz CT molecular complexity index is 1870. The van der Waals surface area contributed by atoms with Gasteiger partial charge < -0.3 is 24.0 Å². The van der Waals surface area contributed by atoms with Gasteiger partial charge in [0.25, 0.3) is 0 Å². The van der Waals surface area contributed by atoms with Gasteiger partial charge in [0.05, 0.1) is 30.3 Å². The zero-order valence-corrected chi connectivity index (χ0v) is 28.4. The van der Waals surface area contributed by atoms with Gasteiger partial charge in [-0.25, -0.2) is 32.5 Å². The lowest BCUT2D eigenvalue weighted by Gasteiger charge is -2.44. The topological polar surface area (TPSA) is 105 Å². The van der Waals surface area contributed by atoms with Crippen LogP contribution >= 0.6 is 0 Å². The Kier molecular flexibility index (Phi) is 9.31. The van der Waals surface area contributed by atoms with Crippen LogP contribution in [-0.2, 0) is 16.0 Å². The minimum Gasteiger partial charge on any atom is -0.491 e. The Balaban J connectivity index is 0.928. The number of piperazine rings is 1. The SMILES string of the molecule is CCC(C)n1ncn(-c2ccc(N3CCN(c4ccc(OC[C@@H]5CO[C@@](Cn6cncn6)(C6(C)C=CC(F)=CC6F)O5)cc4)CC3)cc2)c1=O. The largest absolute Gasteiger partial charge is 0.491 e. The van der Waals surface area contributed by atoms with Gasteiger partial charge in [0.15, 0.2) is 0 Å². The molecule has 1 aliphatic carbocycles. The molecule has 12 nitrogen and oxygen atoms in total. The maximum atomic E-state index is 15.4. The van der Waals surface area contributed by atoms with E-state index in [0.29, 0.717) is 5.75 Å². The maximum Gasteiger partial charge on any atom is 0.350 e. The van der Waals surface area contributed by atoms with Gasteiger partial charge in [-0.3, -0.25) is 0 Å². The molecule has 2 aromatic heterocycles. The van der Waals surface area contributed by atoms with Gasteiger partial charge >= 0.3 is 5.69 Å². The van der Waals surface area contributed by atoms with Crippen molar-refractivity contribution in [1.29, 1.82) is 0 Å². The Morgan fingerprint density at radius 3 is 2.26 bits per heavy atom. The molecule has 2 aromatic carbocycles. The van der Waals surface area contributed by atoms with Gasteiger partial charge in [-0.1, -0.05) is 13.0 Å². The third kappa shape index (κ3) is 6.44. The van der Waals surface area contributed by atoms with Crippen LogP contribution in [0.2, 0.25) is 0 Å². The first-order chi connectivity index (χ1) is 24.2. The third-order valence-corrected chi connectivity index (χ3v) is 10.1. The zero-order valence-electron chi connectivity index (χ0n) is 28.4. The molecule has 0 radical (unpaired) electrons. The first-order valence-corrected chi connectivity index (χ1v) is 17.0. The van der Waals surface area contributed by atoms with Crippen molar-refractivity contribution in [1.82, 2.24) is 29.1 Å². The molecule has 0 saturated carbocycles. The van der Waals surface area contributed by atoms with E-state index in [4.69, 9.17) is 14.2 Å². The second kappa shape index (κ2) is 13.8. The van der Waals surface area contributed by atoms with Crippen molar-refractivity contribution in [2.24, 2.45) is 5.41 Å². The summed E-state index contributed by atoms with van der Waals surface area (Å²) in [5.74, 6) is -1.41. The van der Waals surface area contributed by atoms with Crippen LogP contribution in [0.1, 0.15) is 33.2 Å². The molecule has 0 bridgehead atoms. The number of hydrogen-bond donors (Lipinski definition) is 0. The highest BCUT2D eigenvalue weighted by Crippen LogP contribution is 2.49. The summed E-state index contributed by atoms with van der Waals surface area (Å²) in [6.45, 7) is 9.53. The quantitative estimate of drug-likeness (QED) is 0.218. The molecule has 4 heterocycles. The second-order valence-electron chi connectivity index (χ2n) is 13.2. The molecule has 2 saturated heterocycles. The summed E-state index contributed by atoms with van der Waals surface area (Å²) in [4.78, 5) is 21.5. The molecule has 2 fully saturated rings. The Hall–Kier alpha value is -4.82. The summed E-state index contributed by atoms with van der Waals surface area (Å²) < 4.78 is 52.6. The molecule has 7 rings (SSSR count). The maximum absolute atomic E-state index is 15.4. The molecule has 50 heavy (non-hydrogen) atoms. The number of alkyl halides is 1. The molecule has 0 N–H and O–H groups in total. The highest BCUT2D eigenvalue weighted by molar-refractivity contribution is 5.54. The van der Waals surface area contributed by atoms with Crippen LogP contribution in [0, 0.1) is 5.41 Å². The minimum absolute atomic E-state index is 0.0522. The molecule has 3 unspecified atom stereocenters. The van der Waals surface area contributed by atoms with Crippen molar-refractivity contribution in [2.75, 3.05) is 49.2 Å². The predicted octanol–water partition coefficient (Wildman–Crippen LogP) is 4.88. The number of halogens is 2. The standard InChI is InChI=1S/C36H42F2N8O4/c1-4-26(2)46-34(47)45(25-41-46)30-7-5-28(6-8-30)42-15-17-43(18-16-42)29-9-11-31(12-10-29)48-20-32-21-49-36(50-32,22-44-24-39-23-40-44)35(3)14-13-27(37)19-33(35)38/h5-14,19,23-26,32-33H,4,15-18,20-22H2,1-3H3/t26?,32-,33?,35?,36-/m1/s1. The molecule has 0 amide bonds. The van der Waals surface area contributed by atoms with Gasteiger partial charge in [0, 0.05) is 37.6 Å². The van der Waals surface area contributed by atoms with E-state index in [9.17, 15) is 9.18 Å². The van der Waals surface area contributed by atoms with Crippen molar-refractivity contribution in [3.8, 4) is 11.4 Å². The highest BCUT2D eigenvalue weighted by atomic mass is 19.1. The Morgan fingerprint density at radius 2 is 1.64 bits per heavy atom. The fraction of sp³-hybridized carbons (Fsp3) is 0.444. The number of ether oxygens (including phenoxy) is 3. The van der Waals surface area contributed by atoms with Gasteiger partial charge in [-0.2, -0.15) is 10.2 Å². The fourth-order valence-electron chi connectivity index (χ4n) is 6.72. The number of benzene rings is 2. The van der Waals surface area contributed by atoms with Crippen LogP contribution in [0.3, 0.4) is 0 Å². The average Bonchev–Trinajstić information content (AvgIpc) is 3.90. The number of aromatic nitrogens is 6. The van der Waals surface area contributed by atoms with E-state index in [2.05, 4.69) is 37.1 Å². The number of allylic oxidation sites excluding steroid dienone is 3. The van der Waals surface area contributed by atoms with E-state index in [0.717, 1.165) is 55.7 Å². The van der Waals surface area contributed by atoms with E-state index in [-0.39, 0.29) is 31.5 Å². The van der Waals surface area contributed by atoms with E-state index < -0.39 is 29.3 Å². The molecule has 264 valence electrons. The van der Waals surface area contributed by atoms with Crippen LogP contribution in [0.25, 0.3) is 5.69 Å². The fourth-order valence-corrected chi connectivity index (χ4v) is 6.72. The summed E-state index contributed by atoms with van der Waals surface area (Å²) in [7, 11) is 0. The Labute approximate surface area is 289 Å². The van der Waals surface area contributed by atoms with Gasteiger partial charge in [0.1, 0.15) is 49.4 Å². The summed E-state index contributed by atoms with van der Waals surface area (Å²) in [5, 5.41) is 8.45. The Morgan fingerprint density at radius 1 is 0.980 bits per heavy atom. The predicted molar refractivity (Wildman–Crippen MR) is 184 cm³/mol. The van der Waals surface area contributed by atoms with Gasteiger partial charge in [-0.05, 0) is 81.0 Å². The third-order valence-electron chi connectivity index (χ3n) is 10.1. The van der Waals surface area contributed by atoms with E-state index in [1.54, 1.807) is 17.8 Å². The van der Waals surface area contributed by atoms with E-state index in [1.165, 1.54) is 34.2 Å². The lowest BCUT2D eigenvalue weighted by molar-refractivity contribution is -0.248. The molecule has 3 aliphatic rings. The molecule has 0 spiro atoms. The zero-order chi connectivity index (χ0) is 34.9. The lowest BCUT2D eigenvalue weighted by atomic mass is 9.74. The average molecular weight is 689 g/mol. The van der Waals surface area contributed by atoms with Gasteiger partial charge in [0.2, 0.25) is 5.79 Å². The normalized spacial score (nSPS) is 25.9. The molecule has 14 heteroatoms. The van der Waals surface area contributed by atoms with Crippen molar-refractivity contribution >= 4 is 11.4 Å². The second-order valence-corrected chi connectivity index (χ2v) is 13.2. The molecule has 2 aliphatic heterocycles. The number of anilines is 2.